The molecule has 1 amide bonds. The van der Waals surface area contributed by atoms with Gasteiger partial charge >= 0.3 is 12.1 Å². The van der Waals surface area contributed by atoms with Crippen molar-refractivity contribution in [2.75, 3.05) is 6.54 Å². The Hall–Kier alpha value is -2.83. The molecule has 146 valence electrons. The van der Waals surface area contributed by atoms with Crippen LogP contribution in [0, 0.1) is 5.92 Å². The van der Waals surface area contributed by atoms with Crippen LogP contribution in [0.4, 0.5) is 13.2 Å². The summed E-state index contributed by atoms with van der Waals surface area (Å²) < 4.78 is 38.7. The van der Waals surface area contributed by atoms with Crippen LogP contribution in [0.15, 0.2) is 42.5 Å². The van der Waals surface area contributed by atoms with Crippen molar-refractivity contribution in [1.29, 1.82) is 0 Å². The minimum absolute atomic E-state index is 0.0752. The Kier molecular flexibility index (Phi) is 4.40. The van der Waals surface area contributed by atoms with Crippen molar-refractivity contribution in [2.45, 2.75) is 31.5 Å². The van der Waals surface area contributed by atoms with E-state index in [2.05, 4.69) is 0 Å². The fourth-order valence-electron chi connectivity index (χ4n) is 3.89. The average Bonchev–Trinajstić information content (AvgIpc) is 3.47. The number of rotatable bonds is 3. The summed E-state index contributed by atoms with van der Waals surface area (Å²) in [5.74, 6) is -1.60. The molecule has 0 bridgehead atoms. The second kappa shape index (κ2) is 6.65. The van der Waals surface area contributed by atoms with Gasteiger partial charge in [-0.15, -0.1) is 0 Å². The molecule has 28 heavy (non-hydrogen) atoms. The molecule has 1 heterocycles. The van der Waals surface area contributed by atoms with Gasteiger partial charge in [-0.3, -0.25) is 4.79 Å². The summed E-state index contributed by atoms with van der Waals surface area (Å²) >= 11 is 0. The van der Waals surface area contributed by atoms with Crippen molar-refractivity contribution in [3.8, 4) is 0 Å². The maximum absolute atomic E-state index is 12.9. The first kappa shape index (κ1) is 18.5. The number of amides is 1. The van der Waals surface area contributed by atoms with Gasteiger partial charge < -0.3 is 10.0 Å². The number of benzene rings is 2. The van der Waals surface area contributed by atoms with Crippen LogP contribution in [-0.2, 0) is 23.9 Å². The zero-order valence-electron chi connectivity index (χ0n) is 14.9. The van der Waals surface area contributed by atoms with Crippen molar-refractivity contribution in [1.82, 2.24) is 4.90 Å². The number of aromatic carboxylic acids is 1. The summed E-state index contributed by atoms with van der Waals surface area (Å²) in [6.07, 6.45) is -3.22. The highest BCUT2D eigenvalue weighted by molar-refractivity contribution is 5.88. The van der Waals surface area contributed by atoms with E-state index in [4.69, 9.17) is 5.11 Å². The molecular weight excluding hydrogens is 371 g/mol. The molecular formula is C21H18F3NO3. The van der Waals surface area contributed by atoms with Gasteiger partial charge in [-0.05, 0) is 53.6 Å². The Morgan fingerprint density at radius 1 is 1.07 bits per heavy atom. The first-order chi connectivity index (χ1) is 13.2. The maximum atomic E-state index is 12.9. The third kappa shape index (κ3) is 3.48. The maximum Gasteiger partial charge on any atom is 0.416 e. The molecule has 2 aliphatic rings. The first-order valence-corrected chi connectivity index (χ1v) is 9.05. The highest BCUT2D eigenvalue weighted by Gasteiger charge is 2.46. The Morgan fingerprint density at radius 3 is 2.57 bits per heavy atom. The average molecular weight is 389 g/mol. The molecule has 0 radical (unpaired) electrons. The molecule has 1 saturated carbocycles. The number of carbonyl (C=O) groups is 2. The Morgan fingerprint density at radius 2 is 1.86 bits per heavy atom. The number of hydrogen-bond donors (Lipinski definition) is 1. The minimum atomic E-state index is -4.40. The lowest BCUT2D eigenvalue weighted by atomic mass is 9.97. The number of alkyl halides is 3. The monoisotopic (exact) mass is 389 g/mol. The molecule has 1 aliphatic heterocycles. The van der Waals surface area contributed by atoms with Gasteiger partial charge in [0.2, 0.25) is 5.91 Å². The highest BCUT2D eigenvalue weighted by atomic mass is 19.4. The Bertz CT molecular complexity index is 954. The lowest BCUT2D eigenvalue weighted by Crippen LogP contribution is -2.37. The number of fused-ring (bicyclic) bond motifs is 1. The van der Waals surface area contributed by atoms with E-state index in [-0.39, 0.29) is 23.3 Å². The van der Waals surface area contributed by atoms with Crippen molar-refractivity contribution < 1.29 is 27.9 Å². The summed E-state index contributed by atoms with van der Waals surface area (Å²) in [5.41, 5.74) is 1.87. The van der Waals surface area contributed by atoms with Crippen molar-refractivity contribution in [3.05, 3.63) is 70.3 Å². The second-order valence-corrected chi connectivity index (χ2v) is 7.37. The van der Waals surface area contributed by atoms with Crippen molar-refractivity contribution in [3.63, 3.8) is 0 Å². The van der Waals surface area contributed by atoms with Crippen molar-refractivity contribution >= 4 is 11.9 Å². The molecule has 0 spiro atoms. The molecule has 2 atom stereocenters. The quantitative estimate of drug-likeness (QED) is 0.860. The van der Waals surface area contributed by atoms with Crippen LogP contribution in [-0.4, -0.2) is 28.4 Å². The van der Waals surface area contributed by atoms with Gasteiger partial charge in [0.05, 0.1) is 11.1 Å². The SMILES string of the molecule is O=C(O)c1ccc2c(c1)CN(C(=O)C1CC1c1cccc(C(F)(F)F)c1)CC2. The lowest BCUT2D eigenvalue weighted by Gasteiger charge is -2.29. The molecule has 4 rings (SSSR count). The molecule has 0 aromatic heterocycles. The number of halogens is 3. The molecule has 2 aromatic rings. The van der Waals surface area contributed by atoms with Crippen LogP contribution in [0.3, 0.4) is 0 Å². The molecule has 1 aliphatic carbocycles. The highest BCUT2D eigenvalue weighted by Crippen LogP contribution is 2.49. The third-order valence-corrected chi connectivity index (χ3v) is 5.53. The van der Waals surface area contributed by atoms with Gasteiger partial charge in [0.1, 0.15) is 0 Å². The molecule has 2 unspecified atom stereocenters. The van der Waals surface area contributed by atoms with Crippen LogP contribution < -0.4 is 0 Å². The molecule has 1 fully saturated rings. The number of hydrogen-bond acceptors (Lipinski definition) is 2. The van der Waals surface area contributed by atoms with Gasteiger partial charge in [-0.1, -0.05) is 24.3 Å². The predicted molar refractivity (Wildman–Crippen MR) is 94.8 cm³/mol. The minimum Gasteiger partial charge on any atom is -0.478 e. The third-order valence-electron chi connectivity index (χ3n) is 5.53. The number of carboxylic acids is 1. The zero-order chi connectivity index (χ0) is 20.1. The van der Waals surface area contributed by atoms with Gasteiger partial charge in [0.25, 0.3) is 0 Å². The zero-order valence-corrected chi connectivity index (χ0v) is 14.9. The van der Waals surface area contributed by atoms with E-state index < -0.39 is 17.7 Å². The van der Waals surface area contributed by atoms with Crippen molar-refractivity contribution in [2.24, 2.45) is 5.92 Å². The van der Waals surface area contributed by atoms with Crippen LogP contribution in [0.2, 0.25) is 0 Å². The first-order valence-electron chi connectivity index (χ1n) is 9.05. The van der Waals surface area contributed by atoms with Gasteiger partial charge in [-0.25, -0.2) is 4.79 Å². The smallest absolute Gasteiger partial charge is 0.416 e. The second-order valence-electron chi connectivity index (χ2n) is 7.37. The van der Waals surface area contributed by atoms with E-state index >= 15 is 0 Å². The predicted octanol–water partition coefficient (Wildman–Crippen LogP) is 4.09. The lowest BCUT2D eigenvalue weighted by molar-refractivity contribution is -0.137. The summed E-state index contributed by atoms with van der Waals surface area (Å²) in [6, 6.07) is 10.1. The topological polar surface area (TPSA) is 57.6 Å². The van der Waals surface area contributed by atoms with Gasteiger partial charge in [0.15, 0.2) is 0 Å². The largest absolute Gasteiger partial charge is 0.478 e. The number of nitrogens with zero attached hydrogens (tertiary/aromatic N) is 1. The summed E-state index contributed by atoms with van der Waals surface area (Å²) in [5, 5.41) is 9.14. The molecule has 0 saturated heterocycles. The Labute approximate surface area is 159 Å². The molecule has 1 N–H and O–H groups in total. The van der Waals surface area contributed by atoms with Gasteiger partial charge in [-0.2, -0.15) is 13.2 Å². The number of carbonyl (C=O) groups excluding carboxylic acids is 1. The van der Waals surface area contributed by atoms with E-state index in [1.807, 2.05) is 0 Å². The standard InChI is InChI=1S/C21H18F3NO3/c22-21(23,24)16-3-1-2-13(9-16)17-10-18(17)19(26)25-7-6-12-4-5-14(20(27)28)8-15(12)11-25/h1-5,8-9,17-18H,6-7,10-11H2,(H,27,28). The summed E-state index contributed by atoms with van der Waals surface area (Å²) in [6.45, 7) is 0.866. The van der Waals surface area contributed by atoms with E-state index in [1.54, 1.807) is 29.2 Å². The molecule has 2 aromatic carbocycles. The van der Waals surface area contributed by atoms with Crippen LogP contribution in [0.25, 0.3) is 0 Å². The van der Waals surface area contributed by atoms with Crippen LogP contribution >= 0.6 is 0 Å². The number of carboxylic acid groups (broad SMARTS) is 1. The fraction of sp³-hybridized carbons (Fsp3) is 0.333. The van der Waals surface area contributed by atoms with E-state index in [1.165, 1.54) is 6.07 Å². The molecule has 4 nitrogen and oxygen atoms in total. The normalized spacial score (nSPS) is 21.2. The van der Waals surface area contributed by atoms with E-state index in [0.29, 0.717) is 31.5 Å². The van der Waals surface area contributed by atoms with Gasteiger partial charge in [0, 0.05) is 19.0 Å². The van der Waals surface area contributed by atoms with E-state index in [9.17, 15) is 22.8 Å². The van der Waals surface area contributed by atoms with Crippen LogP contribution in [0.5, 0.6) is 0 Å². The van der Waals surface area contributed by atoms with Crippen LogP contribution in [0.1, 0.15) is 45.0 Å². The summed E-state index contributed by atoms with van der Waals surface area (Å²) in [4.78, 5) is 25.7. The van der Waals surface area contributed by atoms with E-state index in [0.717, 1.165) is 23.3 Å². The Balaban J connectivity index is 1.47. The fourth-order valence-corrected chi connectivity index (χ4v) is 3.89. The summed E-state index contributed by atoms with van der Waals surface area (Å²) in [7, 11) is 0. The molecule has 7 heteroatoms.